The van der Waals surface area contributed by atoms with Crippen molar-refractivity contribution in [3.05, 3.63) is 12.2 Å². The van der Waals surface area contributed by atoms with Crippen LogP contribution in [0.15, 0.2) is 12.2 Å². The molecule has 1 unspecified atom stereocenters. The van der Waals surface area contributed by atoms with Crippen LogP contribution in [0, 0.1) is 5.92 Å². The average Bonchev–Trinajstić information content (AvgIpc) is 2.04. The topological polar surface area (TPSA) is 74.6 Å². The van der Waals surface area contributed by atoms with Gasteiger partial charge in [-0.3, -0.25) is 4.79 Å². The first-order chi connectivity index (χ1) is 6.00. The number of hydrogen-bond acceptors (Lipinski definition) is 2. The molecule has 0 aromatic carbocycles. The molecule has 4 nitrogen and oxygen atoms in total. The zero-order valence-electron chi connectivity index (χ0n) is 7.62. The molecule has 0 aliphatic rings. The van der Waals surface area contributed by atoms with Gasteiger partial charge >= 0.3 is 71.1 Å². The quantitative estimate of drug-likeness (QED) is 0.509. The fraction of sp³-hybridized carbons (Fsp3) is 0.556. The van der Waals surface area contributed by atoms with Gasteiger partial charge < -0.3 is 10.2 Å². The van der Waals surface area contributed by atoms with Gasteiger partial charge in [-0.2, -0.15) is 0 Å². The van der Waals surface area contributed by atoms with E-state index in [1.54, 1.807) is 0 Å². The Morgan fingerprint density at radius 3 is 2.00 bits per heavy atom. The monoisotopic (exact) mass is 234 g/mol. The molecule has 0 aliphatic carbocycles. The maximum absolute atomic E-state index is 10.6. The number of carboxylic acid groups (broad SMARTS) is 2. The zero-order valence-corrected chi connectivity index (χ0v) is 7.62. The molecule has 0 heterocycles. The van der Waals surface area contributed by atoms with Crippen LogP contribution in [0.25, 0.3) is 0 Å². The Bertz CT molecular complexity index is 228. The first-order valence-corrected chi connectivity index (χ1v) is 4.15. The van der Waals surface area contributed by atoms with Crippen LogP contribution < -0.4 is 0 Å². The summed E-state index contributed by atoms with van der Waals surface area (Å²) in [6.45, 7) is 5.17. The van der Waals surface area contributed by atoms with Crippen molar-refractivity contribution < 1.29 is 19.8 Å². The van der Waals surface area contributed by atoms with Crippen LogP contribution in [0.4, 0.5) is 0 Å². The van der Waals surface area contributed by atoms with E-state index in [1.807, 2.05) is 6.92 Å². The number of carboxylic acids is 2. The Balaban J connectivity index is -0.000000720. The van der Waals surface area contributed by atoms with E-state index < -0.39 is 17.9 Å². The van der Waals surface area contributed by atoms with Crippen molar-refractivity contribution in [2.45, 2.75) is 26.2 Å². The van der Waals surface area contributed by atoms with E-state index in [0.29, 0.717) is 12.8 Å². The number of aliphatic carboxylic acids is 2. The number of hydrogen-bond donors (Lipinski definition) is 2. The third-order valence-corrected chi connectivity index (χ3v) is 1.84. The molecule has 0 bridgehead atoms. The SMILES string of the molecule is C=C(C(=O)O)C(CCCC)C(=O)O.[NaH].[NaH]. The Morgan fingerprint density at radius 1 is 1.27 bits per heavy atom. The summed E-state index contributed by atoms with van der Waals surface area (Å²) in [6, 6.07) is 0. The van der Waals surface area contributed by atoms with Gasteiger partial charge in [0.1, 0.15) is 0 Å². The van der Waals surface area contributed by atoms with Gasteiger partial charge in [-0.25, -0.2) is 4.79 Å². The summed E-state index contributed by atoms with van der Waals surface area (Å²) >= 11 is 0. The van der Waals surface area contributed by atoms with Crippen molar-refractivity contribution in [1.82, 2.24) is 0 Å². The van der Waals surface area contributed by atoms with Crippen LogP contribution in [-0.2, 0) is 9.59 Å². The van der Waals surface area contributed by atoms with E-state index in [1.165, 1.54) is 0 Å². The van der Waals surface area contributed by atoms with Crippen molar-refractivity contribution in [1.29, 1.82) is 0 Å². The summed E-state index contributed by atoms with van der Waals surface area (Å²) in [4.78, 5) is 21.1. The van der Waals surface area contributed by atoms with E-state index in [9.17, 15) is 9.59 Å². The third-order valence-electron chi connectivity index (χ3n) is 1.84. The normalized spacial score (nSPS) is 10.5. The molecule has 2 N–H and O–H groups in total. The standard InChI is InChI=1S/C9H14O4.2Na.2H/c1-3-4-5-7(9(12)13)6(2)8(10)11;;;;/h7H,2-5H2,1H3,(H,10,11)(H,12,13);;;;. The molecule has 0 rings (SSSR count). The van der Waals surface area contributed by atoms with Crippen molar-refractivity contribution >= 4 is 71.1 Å². The first-order valence-electron chi connectivity index (χ1n) is 4.15. The summed E-state index contributed by atoms with van der Waals surface area (Å²) in [6.07, 6.45) is 1.89. The van der Waals surface area contributed by atoms with E-state index in [0.717, 1.165) is 6.42 Å². The van der Waals surface area contributed by atoms with Gasteiger partial charge in [-0.15, -0.1) is 0 Å². The van der Waals surface area contributed by atoms with Crippen LogP contribution in [0.2, 0.25) is 0 Å². The molecule has 0 fully saturated rings. The van der Waals surface area contributed by atoms with Gasteiger partial charge in [-0.1, -0.05) is 26.3 Å². The molecular weight excluding hydrogens is 218 g/mol. The van der Waals surface area contributed by atoms with Gasteiger partial charge in [0, 0.05) is 5.57 Å². The van der Waals surface area contributed by atoms with Crippen molar-refractivity contribution in [2.75, 3.05) is 0 Å². The predicted molar refractivity (Wildman–Crippen MR) is 61.7 cm³/mol. The Labute approximate surface area is 134 Å². The van der Waals surface area contributed by atoms with Crippen LogP contribution >= 0.6 is 0 Å². The van der Waals surface area contributed by atoms with Crippen molar-refractivity contribution in [2.24, 2.45) is 5.92 Å². The second-order valence-corrected chi connectivity index (χ2v) is 2.86. The number of rotatable bonds is 6. The van der Waals surface area contributed by atoms with Gasteiger partial charge in [0.2, 0.25) is 0 Å². The Kier molecular flexibility index (Phi) is 15.7. The second kappa shape index (κ2) is 11.2. The number of unbranched alkanes of at least 4 members (excludes halogenated alkanes) is 1. The maximum atomic E-state index is 10.6. The molecule has 0 spiro atoms. The number of carbonyl (C=O) groups is 2. The molecule has 78 valence electrons. The molecule has 0 aromatic heterocycles. The third kappa shape index (κ3) is 8.48. The summed E-state index contributed by atoms with van der Waals surface area (Å²) in [5.41, 5.74) is -0.235. The van der Waals surface area contributed by atoms with E-state index in [-0.39, 0.29) is 64.7 Å². The van der Waals surface area contributed by atoms with Crippen LogP contribution in [0.3, 0.4) is 0 Å². The van der Waals surface area contributed by atoms with E-state index in [2.05, 4.69) is 6.58 Å². The molecule has 0 aromatic rings. The van der Waals surface area contributed by atoms with Crippen molar-refractivity contribution in [3.8, 4) is 0 Å². The van der Waals surface area contributed by atoms with Gasteiger partial charge in [-0.05, 0) is 6.42 Å². The molecule has 1 atom stereocenters. The van der Waals surface area contributed by atoms with Gasteiger partial charge in [0.05, 0.1) is 5.92 Å². The molecule has 0 amide bonds. The average molecular weight is 234 g/mol. The first kappa shape index (κ1) is 21.0. The summed E-state index contributed by atoms with van der Waals surface area (Å²) in [5.74, 6) is -3.29. The molecule has 0 saturated carbocycles. The van der Waals surface area contributed by atoms with Crippen molar-refractivity contribution in [3.63, 3.8) is 0 Å². The summed E-state index contributed by atoms with van der Waals surface area (Å²) in [7, 11) is 0. The van der Waals surface area contributed by atoms with E-state index in [4.69, 9.17) is 10.2 Å². The van der Waals surface area contributed by atoms with Gasteiger partial charge in [0.15, 0.2) is 0 Å². The van der Waals surface area contributed by atoms with Crippen LogP contribution in [-0.4, -0.2) is 81.3 Å². The van der Waals surface area contributed by atoms with Crippen LogP contribution in [0.1, 0.15) is 26.2 Å². The second-order valence-electron chi connectivity index (χ2n) is 2.86. The summed E-state index contributed by atoms with van der Waals surface area (Å²) < 4.78 is 0. The fourth-order valence-electron chi connectivity index (χ4n) is 1.00. The Morgan fingerprint density at radius 2 is 1.73 bits per heavy atom. The molecule has 0 saturated heterocycles. The van der Waals surface area contributed by atoms with Gasteiger partial charge in [0.25, 0.3) is 0 Å². The zero-order chi connectivity index (χ0) is 10.4. The molecule has 0 aliphatic heterocycles. The minimum atomic E-state index is -1.23. The van der Waals surface area contributed by atoms with Crippen LogP contribution in [0.5, 0.6) is 0 Å². The molecule has 0 radical (unpaired) electrons. The predicted octanol–water partition coefficient (Wildman–Crippen LogP) is 0.221. The molecule has 6 heteroatoms. The Hall–Kier alpha value is 0.680. The minimum absolute atomic E-state index is 0. The molecular formula is C9H16Na2O4. The van der Waals surface area contributed by atoms with E-state index >= 15 is 0 Å². The molecule has 15 heavy (non-hydrogen) atoms. The fourth-order valence-corrected chi connectivity index (χ4v) is 1.00. The summed E-state index contributed by atoms with van der Waals surface area (Å²) in [5, 5.41) is 17.2.